The van der Waals surface area contributed by atoms with Crippen LogP contribution < -0.4 is 10.1 Å². The minimum atomic E-state index is -0.564. The summed E-state index contributed by atoms with van der Waals surface area (Å²) < 4.78 is 10.5. The van der Waals surface area contributed by atoms with Crippen molar-refractivity contribution < 1.29 is 19.4 Å². The number of hydrogen-bond acceptors (Lipinski definition) is 4. The summed E-state index contributed by atoms with van der Waals surface area (Å²) in [7, 11) is 1.59. The molecule has 0 spiro atoms. The Bertz CT molecular complexity index is 468. The third kappa shape index (κ3) is 5.63. The topological polar surface area (TPSA) is 67.8 Å². The van der Waals surface area contributed by atoms with Gasteiger partial charge in [-0.15, -0.1) is 0 Å². The van der Waals surface area contributed by atoms with Crippen molar-refractivity contribution >= 4 is 6.09 Å². The minimum absolute atomic E-state index is 0.0440. The summed E-state index contributed by atoms with van der Waals surface area (Å²) in [6.45, 7) is 7.24. The van der Waals surface area contributed by atoms with Gasteiger partial charge in [-0.3, -0.25) is 0 Å². The highest BCUT2D eigenvalue weighted by Crippen LogP contribution is 2.25. The van der Waals surface area contributed by atoms with Crippen LogP contribution in [0.2, 0.25) is 0 Å². The molecule has 2 atom stereocenters. The molecule has 0 saturated carbocycles. The zero-order valence-electron chi connectivity index (χ0n) is 13.3. The van der Waals surface area contributed by atoms with Gasteiger partial charge in [0, 0.05) is 12.5 Å². The summed E-state index contributed by atoms with van der Waals surface area (Å²) in [6.07, 6.45) is -0.504. The molecule has 0 heterocycles. The van der Waals surface area contributed by atoms with Crippen molar-refractivity contribution in [3.63, 3.8) is 0 Å². The average molecular weight is 295 g/mol. The van der Waals surface area contributed by atoms with Gasteiger partial charge in [-0.05, 0) is 38.5 Å². The number of ether oxygens (including phenoxy) is 2. The number of carbonyl (C=O) groups is 1. The Morgan fingerprint density at radius 2 is 2.05 bits per heavy atom. The van der Waals surface area contributed by atoms with Gasteiger partial charge in [-0.1, -0.05) is 19.1 Å². The number of alkyl carbamates (subject to hydrolysis) is 1. The lowest BCUT2D eigenvalue weighted by molar-refractivity contribution is 0.0474. The van der Waals surface area contributed by atoms with Crippen molar-refractivity contribution in [2.24, 2.45) is 5.92 Å². The summed E-state index contributed by atoms with van der Waals surface area (Å²) in [6, 6.07) is 7.06. The lowest BCUT2D eigenvalue weighted by Crippen LogP contribution is -2.38. The van der Waals surface area contributed by atoms with E-state index in [1.807, 2.05) is 52.0 Å². The number of benzene rings is 1. The van der Waals surface area contributed by atoms with E-state index < -0.39 is 11.7 Å². The Balaban J connectivity index is 2.92. The fourth-order valence-corrected chi connectivity index (χ4v) is 1.93. The van der Waals surface area contributed by atoms with Gasteiger partial charge < -0.3 is 19.9 Å². The van der Waals surface area contributed by atoms with E-state index in [2.05, 4.69) is 5.32 Å². The maximum atomic E-state index is 12.0. The molecule has 0 aliphatic rings. The summed E-state index contributed by atoms with van der Waals surface area (Å²) in [5.41, 5.74) is 0.299. The lowest BCUT2D eigenvalue weighted by atomic mass is 9.95. The van der Waals surface area contributed by atoms with Crippen LogP contribution in [0.3, 0.4) is 0 Å². The SMILES string of the molecule is COc1cccc([C@@H](NC(=O)OC(C)(C)C)[C@H](C)CO)c1. The van der Waals surface area contributed by atoms with Crippen LogP contribution in [-0.2, 0) is 4.74 Å². The zero-order chi connectivity index (χ0) is 16.0. The predicted octanol–water partition coefficient (Wildman–Crippen LogP) is 2.89. The number of aliphatic hydroxyl groups excluding tert-OH is 1. The number of rotatable bonds is 5. The van der Waals surface area contributed by atoms with Gasteiger partial charge in [0.05, 0.1) is 13.2 Å². The Morgan fingerprint density at radius 1 is 1.38 bits per heavy atom. The first-order valence-corrected chi connectivity index (χ1v) is 7.01. The second-order valence-corrected chi connectivity index (χ2v) is 6.06. The maximum Gasteiger partial charge on any atom is 0.408 e. The van der Waals surface area contributed by atoms with Crippen molar-refractivity contribution in [1.29, 1.82) is 0 Å². The van der Waals surface area contributed by atoms with E-state index in [9.17, 15) is 9.90 Å². The molecule has 5 nitrogen and oxygen atoms in total. The maximum absolute atomic E-state index is 12.0. The normalized spacial score (nSPS) is 14.2. The third-order valence-corrected chi connectivity index (χ3v) is 2.98. The van der Waals surface area contributed by atoms with Gasteiger partial charge in [0.2, 0.25) is 0 Å². The minimum Gasteiger partial charge on any atom is -0.497 e. The van der Waals surface area contributed by atoms with Gasteiger partial charge in [0.15, 0.2) is 0 Å². The molecule has 0 radical (unpaired) electrons. The molecule has 5 heteroatoms. The Kier molecular flexibility index (Phi) is 6.03. The molecule has 1 rings (SSSR count). The lowest BCUT2D eigenvalue weighted by Gasteiger charge is -2.27. The van der Waals surface area contributed by atoms with Crippen LogP contribution >= 0.6 is 0 Å². The molecule has 0 unspecified atom stereocenters. The molecule has 1 aromatic carbocycles. The standard InChI is InChI=1S/C16H25NO4/c1-11(10-18)14(17-15(19)21-16(2,3)4)12-7-6-8-13(9-12)20-5/h6-9,11,14,18H,10H2,1-5H3,(H,17,19)/t11-,14+/m1/s1. The first-order valence-electron chi connectivity index (χ1n) is 7.01. The van der Waals surface area contributed by atoms with Crippen molar-refractivity contribution in [3.8, 4) is 5.75 Å². The molecule has 1 aromatic rings. The molecular formula is C16H25NO4. The Morgan fingerprint density at radius 3 is 2.57 bits per heavy atom. The van der Waals surface area contributed by atoms with Crippen LogP contribution in [0.15, 0.2) is 24.3 Å². The van der Waals surface area contributed by atoms with Crippen LogP contribution in [0.5, 0.6) is 5.75 Å². The molecule has 1 amide bonds. The van der Waals surface area contributed by atoms with Gasteiger partial charge >= 0.3 is 6.09 Å². The number of hydrogen-bond donors (Lipinski definition) is 2. The van der Waals surface area contributed by atoms with Crippen LogP contribution in [-0.4, -0.2) is 30.5 Å². The number of carbonyl (C=O) groups excluding carboxylic acids is 1. The van der Waals surface area contributed by atoms with Crippen LogP contribution in [0.1, 0.15) is 39.3 Å². The van der Waals surface area contributed by atoms with Crippen molar-refractivity contribution in [2.45, 2.75) is 39.3 Å². The monoisotopic (exact) mass is 295 g/mol. The number of aliphatic hydroxyl groups is 1. The highest BCUT2D eigenvalue weighted by molar-refractivity contribution is 5.68. The highest BCUT2D eigenvalue weighted by Gasteiger charge is 2.24. The van der Waals surface area contributed by atoms with Crippen molar-refractivity contribution in [1.82, 2.24) is 5.32 Å². The number of nitrogens with one attached hydrogen (secondary N) is 1. The van der Waals surface area contributed by atoms with E-state index in [0.29, 0.717) is 5.75 Å². The summed E-state index contributed by atoms with van der Waals surface area (Å²) >= 11 is 0. The largest absolute Gasteiger partial charge is 0.497 e. The molecule has 0 aliphatic heterocycles. The predicted molar refractivity (Wildman–Crippen MR) is 81.4 cm³/mol. The second kappa shape index (κ2) is 7.31. The Hall–Kier alpha value is -1.75. The smallest absolute Gasteiger partial charge is 0.408 e. The van der Waals surface area contributed by atoms with Crippen molar-refractivity contribution in [3.05, 3.63) is 29.8 Å². The average Bonchev–Trinajstić information content (AvgIpc) is 2.42. The molecule has 0 aliphatic carbocycles. The molecule has 2 N–H and O–H groups in total. The summed E-state index contributed by atoms with van der Waals surface area (Å²) in [4.78, 5) is 12.0. The first kappa shape index (κ1) is 17.3. The van der Waals surface area contributed by atoms with E-state index in [1.54, 1.807) is 7.11 Å². The number of methoxy groups -OCH3 is 1. The first-order chi connectivity index (χ1) is 9.76. The van der Waals surface area contributed by atoms with E-state index in [1.165, 1.54) is 0 Å². The third-order valence-electron chi connectivity index (χ3n) is 2.98. The van der Waals surface area contributed by atoms with Crippen LogP contribution in [0, 0.1) is 5.92 Å². The molecule has 0 fully saturated rings. The summed E-state index contributed by atoms with van der Waals surface area (Å²) in [5, 5.41) is 12.2. The fourth-order valence-electron chi connectivity index (χ4n) is 1.93. The van der Waals surface area contributed by atoms with Gasteiger partial charge in [-0.2, -0.15) is 0 Å². The second-order valence-electron chi connectivity index (χ2n) is 6.06. The van der Waals surface area contributed by atoms with Crippen LogP contribution in [0.25, 0.3) is 0 Å². The molecule has 0 bridgehead atoms. The number of amides is 1. The van der Waals surface area contributed by atoms with E-state index >= 15 is 0 Å². The van der Waals surface area contributed by atoms with Gasteiger partial charge in [0.25, 0.3) is 0 Å². The highest BCUT2D eigenvalue weighted by atomic mass is 16.6. The van der Waals surface area contributed by atoms with Crippen molar-refractivity contribution in [2.75, 3.05) is 13.7 Å². The fraction of sp³-hybridized carbons (Fsp3) is 0.562. The van der Waals surface area contributed by atoms with E-state index in [4.69, 9.17) is 9.47 Å². The molecular weight excluding hydrogens is 270 g/mol. The Labute approximate surface area is 126 Å². The van der Waals surface area contributed by atoms with E-state index in [-0.39, 0.29) is 18.6 Å². The molecule has 118 valence electrons. The quantitative estimate of drug-likeness (QED) is 0.876. The zero-order valence-corrected chi connectivity index (χ0v) is 13.3. The van der Waals surface area contributed by atoms with Crippen LogP contribution in [0.4, 0.5) is 4.79 Å². The molecule has 21 heavy (non-hydrogen) atoms. The summed E-state index contributed by atoms with van der Waals surface area (Å²) in [5.74, 6) is 0.554. The molecule has 0 saturated heterocycles. The molecule has 0 aromatic heterocycles. The van der Waals surface area contributed by atoms with E-state index in [0.717, 1.165) is 5.56 Å². The van der Waals surface area contributed by atoms with Gasteiger partial charge in [-0.25, -0.2) is 4.79 Å². The van der Waals surface area contributed by atoms with Gasteiger partial charge in [0.1, 0.15) is 11.4 Å².